The molecule has 0 radical (unpaired) electrons. The molecule has 4 N–H and O–H groups in total. The standard InChI is InChI=1S/C17H26N6OS/c1-2-24-16-6-4-7-20-15(16)12-25-10-9-22-17(18)21-8-3-5-14-11-19-13-23-14/h4,6-7,11,13H,2-3,5,8-10,12H2,1H3,(H,19,23)(H3,18,21,22). The molecule has 0 aromatic carbocycles. The molecular weight excluding hydrogens is 336 g/mol. The molecule has 0 amide bonds. The number of nitrogens with zero attached hydrogens (tertiary/aromatic N) is 3. The molecule has 2 aromatic rings. The molecule has 136 valence electrons. The minimum absolute atomic E-state index is 0.498. The van der Waals surface area contributed by atoms with Crippen LogP contribution in [0.25, 0.3) is 0 Å². The number of aliphatic imine (C=N–C) groups is 1. The normalized spacial score (nSPS) is 11.5. The van der Waals surface area contributed by atoms with Crippen LogP contribution in [-0.2, 0) is 12.2 Å². The largest absolute Gasteiger partial charge is 0.492 e. The van der Waals surface area contributed by atoms with Crippen molar-refractivity contribution in [3.63, 3.8) is 0 Å². The molecule has 25 heavy (non-hydrogen) atoms. The molecule has 0 fully saturated rings. The second-order valence-corrected chi connectivity index (χ2v) is 6.41. The van der Waals surface area contributed by atoms with Gasteiger partial charge in [-0.05, 0) is 31.9 Å². The number of guanidine groups is 1. The fraction of sp³-hybridized carbons (Fsp3) is 0.471. The first-order valence-electron chi connectivity index (χ1n) is 8.45. The van der Waals surface area contributed by atoms with E-state index < -0.39 is 0 Å². The summed E-state index contributed by atoms with van der Waals surface area (Å²) in [6.07, 6.45) is 7.19. The molecule has 0 spiro atoms. The van der Waals surface area contributed by atoms with Crippen LogP contribution in [0.2, 0.25) is 0 Å². The maximum absolute atomic E-state index is 5.87. The summed E-state index contributed by atoms with van der Waals surface area (Å²) < 4.78 is 5.58. The topological polar surface area (TPSA) is 101 Å². The first kappa shape index (κ1) is 19.1. The zero-order valence-corrected chi connectivity index (χ0v) is 15.4. The number of imidazole rings is 1. The van der Waals surface area contributed by atoms with E-state index in [1.165, 1.54) is 0 Å². The van der Waals surface area contributed by atoms with E-state index in [0.29, 0.717) is 19.1 Å². The minimum Gasteiger partial charge on any atom is -0.492 e. The number of pyridine rings is 1. The van der Waals surface area contributed by atoms with Gasteiger partial charge < -0.3 is 20.8 Å². The van der Waals surface area contributed by atoms with Crippen LogP contribution in [0.4, 0.5) is 0 Å². The Balaban J connectivity index is 1.57. The van der Waals surface area contributed by atoms with Gasteiger partial charge in [0, 0.05) is 42.7 Å². The lowest BCUT2D eigenvalue weighted by Crippen LogP contribution is -2.33. The van der Waals surface area contributed by atoms with Gasteiger partial charge in [0.25, 0.3) is 0 Å². The van der Waals surface area contributed by atoms with Gasteiger partial charge in [-0.3, -0.25) is 9.98 Å². The van der Waals surface area contributed by atoms with Crippen LogP contribution in [0.5, 0.6) is 5.75 Å². The summed E-state index contributed by atoms with van der Waals surface area (Å²) in [5.41, 5.74) is 7.97. The molecule has 0 aliphatic rings. The zero-order chi connectivity index (χ0) is 17.7. The molecule has 0 bridgehead atoms. The lowest BCUT2D eigenvalue weighted by Gasteiger charge is -2.09. The predicted octanol–water partition coefficient (Wildman–Crippen LogP) is 1.97. The van der Waals surface area contributed by atoms with E-state index in [9.17, 15) is 0 Å². The van der Waals surface area contributed by atoms with E-state index in [0.717, 1.165) is 48.0 Å². The fourth-order valence-corrected chi connectivity index (χ4v) is 2.99. The smallest absolute Gasteiger partial charge is 0.188 e. The van der Waals surface area contributed by atoms with Gasteiger partial charge in [-0.25, -0.2) is 4.98 Å². The highest BCUT2D eigenvalue weighted by atomic mass is 32.2. The summed E-state index contributed by atoms with van der Waals surface area (Å²) in [4.78, 5) is 15.8. The Kier molecular flexibility index (Phi) is 8.68. The monoisotopic (exact) mass is 362 g/mol. The Labute approximate surface area is 152 Å². The van der Waals surface area contributed by atoms with E-state index in [1.807, 2.05) is 25.3 Å². The van der Waals surface area contributed by atoms with Gasteiger partial charge in [-0.15, -0.1) is 0 Å². The number of nitrogens with one attached hydrogen (secondary N) is 2. The number of aromatic nitrogens is 3. The first-order chi connectivity index (χ1) is 12.3. The van der Waals surface area contributed by atoms with Crippen molar-refractivity contribution in [3.8, 4) is 5.75 Å². The van der Waals surface area contributed by atoms with Crippen LogP contribution in [0.15, 0.2) is 35.8 Å². The van der Waals surface area contributed by atoms with Crippen molar-refractivity contribution in [2.45, 2.75) is 25.5 Å². The summed E-state index contributed by atoms with van der Waals surface area (Å²) in [7, 11) is 0. The number of H-pyrrole nitrogens is 1. The van der Waals surface area contributed by atoms with Gasteiger partial charge in [-0.2, -0.15) is 11.8 Å². The van der Waals surface area contributed by atoms with Crippen molar-refractivity contribution in [3.05, 3.63) is 42.2 Å². The van der Waals surface area contributed by atoms with E-state index >= 15 is 0 Å². The summed E-state index contributed by atoms with van der Waals surface area (Å²) in [5.74, 6) is 3.10. The number of aryl methyl sites for hydroxylation is 1. The highest BCUT2D eigenvalue weighted by Gasteiger charge is 2.04. The van der Waals surface area contributed by atoms with E-state index in [-0.39, 0.29) is 0 Å². The SMILES string of the molecule is CCOc1cccnc1CSCCNC(N)=NCCCc1cnc[nH]1. The van der Waals surface area contributed by atoms with Crippen molar-refractivity contribution in [2.24, 2.45) is 10.7 Å². The van der Waals surface area contributed by atoms with Gasteiger partial charge in [0.1, 0.15) is 5.75 Å². The Hall–Kier alpha value is -2.22. The molecule has 0 saturated carbocycles. The number of ether oxygens (including phenoxy) is 1. The molecule has 8 heteroatoms. The number of rotatable bonds is 11. The summed E-state index contributed by atoms with van der Waals surface area (Å²) in [6.45, 7) is 4.11. The third-order valence-corrected chi connectivity index (χ3v) is 4.35. The van der Waals surface area contributed by atoms with E-state index in [4.69, 9.17) is 10.5 Å². The van der Waals surface area contributed by atoms with Gasteiger partial charge in [0.2, 0.25) is 0 Å². The third kappa shape index (κ3) is 7.47. The van der Waals surface area contributed by atoms with Crippen LogP contribution in [-0.4, -0.2) is 46.4 Å². The second-order valence-electron chi connectivity index (χ2n) is 5.31. The Bertz CT molecular complexity index is 632. The number of nitrogens with two attached hydrogens (primary N) is 1. The van der Waals surface area contributed by atoms with Gasteiger partial charge in [0.15, 0.2) is 5.96 Å². The first-order valence-corrected chi connectivity index (χ1v) is 9.60. The van der Waals surface area contributed by atoms with Gasteiger partial charge >= 0.3 is 0 Å². The summed E-state index contributed by atoms with van der Waals surface area (Å²) in [5, 5.41) is 3.14. The number of aromatic amines is 1. The molecule has 0 aliphatic carbocycles. The van der Waals surface area contributed by atoms with Crippen molar-refractivity contribution in [1.29, 1.82) is 0 Å². The molecule has 7 nitrogen and oxygen atoms in total. The average molecular weight is 363 g/mol. The maximum atomic E-state index is 5.87. The lowest BCUT2D eigenvalue weighted by molar-refractivity contribution is 0.336. The Morgan fingerprint density at radius 2 is 2.40 bits per heavy atom. The third-order valence-electron chi connectivity index (χ3n) is 3.38. The number of hydrogen-bond donors (Lipinski definition) is 3. The van der Waals surface area contributed by atoms with E-state index in [2.05, 4.69) is 25.3 Å². The fourth-order valence-electron chi connectivity index (χ4n) is 2.19. The molecule has 2 aromatic heterocycles. The maximum Gasteiger partial charge on any atom is 0.188 e. The van der Waals surface area contributed by atoms with Crippen molar-refractivity contribution in [1.82, 2.24) is 20.3 Å². The average Bonchev–Trinajstić information content (AvgIpc) is 3.13. The van der Waals surface area contributed by atoms with Crippen LogP contribution in [0.3, 0.4) is 0 Å². The number of thioether (sulfide) groups is 1. The van der Waals surface area contributed by atoms with Gasteiger partial charge in [-0.1, -0.05) is 0 Å². The molecule has 0 saturated heterocycles. The Morgan fingerprint density at radius 1 is 1.48 bits per heavy atom. The predicted molar refractivity (Wildman–Crippen MR) is 103 cm³/mol. The highest BCUT2D eigenvalue weighted by Crippen LogP contribution is 2.20. The summed E-state index contributed by atoms with van der Waals surface area (Å²) in [6, 6.07) is 3.85. The molecule has 2 rings (SSSR count). The molecule has 2 heterocycles. The zero-order valence-electron chi connectivity index (χ0n) is 14.6. The lowest BCUT2D eigenvalue weighted by atomic mass is 10.2. The Morgan fingerprint density at radius 3 is 3.20 bits per heavy atom. The minimum atomic E-state index is 0.498. The molecule has 0 aliphatic heterocycles. The van der Waals surface area contributed by atoms with Crippen LogP contribution in [0, 0.1) is 0 Å². The van der Waals surface area contributed by atoms with Crippen molar-refractivity contribution in [2.75, 3.05) is 25.4 Å². The van der Waals surface area contributed by atoms with Crippen molar-refractivity contribution < 1.29 is 4.74 Å². The van der Waals surface area contributed by atoms with E-state index in [1.54, 1.807) is 24.3 Å². The van der Waals surface area contributed by atoms with Crippen LogP contribution in [0.1, 0.15) is 24.7 Å². The van der Waals surface area contributed by atoms with Crippen LogP contribution >= 0.6 is 11.8 Å². The quantitative estimate of drug-likeness (QED) is 0.321. The summed E-state index contributed by atoms with van der Waals surface area (Å²) >= 11 is 1.79. The van der Waals surface area contributed by atoms with Crippen LogP contribution < -0.4 is 15.8 Å². The molecule has 0 unspecified atom stereocenters. The van der Waals surface area contributed by atoms with Crippen molar-refractivity contribution >= 4 is 17.7 Å². The second kappa shape index (κ2) is 11.4. The molecule has 0 atom stereocenters. The highest BCUT2D eigenvalue weighted by molar-refractivity contribution is 7.98. The van der Waals surface area contributed by atoms with Gasteiger partial charge in [0.05, 0.1) is 18.6 Å². The molecular formula is C17H26N6OS. The number of hydrogen-bond acceptors (Lipinski definition) is 5.